The number of ether oxygens (including phenoxy) is 2. The number of rotatable bonds is 1. The van der Waals surface area contributed by atoms with E-state index in [0.717, 1.165) is 0 Å². The topological polar surface area (TPSA) is 95.7 Å². The van der Waals surface area contributed by atoms with Crippen molar-refractivity contribution in [3.05, 3.63) is 10.6 Å². The van der Waals surface area contributed by atoms with Gasteiger partial charge in [0.2, 0.25) is 0 Å². The maximum absolute atomic E-state index is 11.4. The molecule has 0 aromatic carbocycles. The van der Waals surface area contributed by atoms with Crippen molar-refractivity contribution < 1.29 is 23.3 Å². The third kappa shape index (κ3) is 2.35. The molecule has 15 heavy (non-hydrogen) atoms. The van der Waals surface area contributed by atoms with Crippen LogP contribution in [0.5, 0.6) is 0 Å². The first kappa shape index (κ1) is 11.7. The minimum absolute atomic E-state index is 0.333. The molecule has 6 nitrogen and oxygen atoms in total. The van der Waals surface area contributed by atoms with Crippen LogP contribution in [0.4, 0.5) is 0 Å². The van der Waals surface area contributed by atoms with Gasteiger partial charge in [-0.25, -0.2) is 9.59 Å². The number of carbonyl (C=O) groups excluding carboxylic acids is 2. The van der Waals surface area contributed by atoms with E-state index in [4.69, 9.17) is 15.2 Å². The van der Waals surface area contributed by atoms with Gasteiger partial charge >= 0.3 is 11.9 Å². The molecule has 0 amide bonds. The van der Waals surface area contributed by atoms with Crippen LogP contribution in [0.25, 0.3) is 0 Å². The summed E-state index contributed by atoms with van der Waals surface area (Å²) in [5.74, 6) is -3.14. The van der Waals surface area contributed by atoms with Gasteiger partial charge in [-0.1, -0.05) is 0 Å². The fourth-order valence-electron chi connectivity index (χ4n) is 0.998. The highest BCUT2D eigenvalue weighted by Crippen LogP contribution is 2.23. The van der Waals surface area contributed by atoms with Crippen LogP contribution in [-0.4, -0.2) is 28.2 Å². The second-order valence-electron chi connectivity index (χ2n) is 3.37. The van der Waals surface area contributed by atoms with E-state index in [1.54, 1.807) is 0 Å². The van der Waals surface area contributed by atoms with E-state index in [0.29, 0.717) is 0 Å². The number of hydrogen-bond acceptors (Lipinski definition) is 6. The maximum atomic E-state index is 11.4. The van der Waals surface area contributed by atoms with Crippen LogP contribution in [0.3, 0.4) is 0 Å². The summed E-state index contributed by atoms with van der Waals surface area (Å²) >= 11 is 0. The first-order valence-corrected chi connectivity index (χ1v) is 5.60. The average molecular weight is 233 g/mol. The van der Waals surface area contributed by atoms with E-state index in [9.17, 15) is 13.8 Å². The second-order valence-corrected chi connectivity index (χ2v) is 4.72. The summed E-state index contributed by atoms with van der Waals surface area (Å²) in [4.78, 5) is 22.7. The summed E-state index contributed by atoms with van der Waals surface area (Å²) < 4.78 is 20.6. The van der Waals surface area contributed by atoms with E-state index in [1.165, 1.54) is 20.1 Å². The highest BCUT2D eigenvalue weighted by atomic mass is 32.2. The Morgan fingerprint density at radius 1 is 1.27 bits per heavy atom. The Balaban J connectivity index is 3.15. The number of carbonyl (C=O) groups is 2. The Morgan fingerprint density at radius 3 is 2.00 bits per heavy atom. The summed E-state index contributed by atoms with van der Waals surface area (Å²) in [5.41, 5.74) is 4.85. The molecule has 0 saturated carbocycles. The Hall–Kier alpha value is -1.37. The lowest BCUT2D eigenvalue weighted by atomic mass is 10.2. The van der Waals surface area contributed by atoms with E-state index in [-0.39, 0.29) is 5.03 Å². The smallest absolute Gasteiger partial charge is 0.351 e. The molecule has 1 fully saturated rings. The van der Waals surface area contributed by atoms with Crippen molar-refractivity contribution in [2.75, 3.05) is 6.26 Å². The summed E-state index contributed by atoms with van der Waals surface area (Å²) in [6, 6.07) is 0. The summed E-state index contributed by atoms with van der Waals surface area (Å²) in [5, 5.41) is -0.333. The molecule has 0 aromatic heterocycles. The van der Waals surface area contributed by atoms with E-state index >= 15 is 0 Å². The van der Waals surface area contributed by atoms with Crippen molar-refractivity contribution in [3.63, 3.8) is 0 Å². The third-order valence-corrected chi connectivity index (χ3v) is 2.46. The van der Waals surface area contributed by atoms with Crippen molar-refractivity contribution in [1.29, 1.82) is 0 Å². The van der Waals surface area contributed by atoms with Gasteiger partial charge in [0.05, 0.1) is 10.8 Å². The van der Waals surface area contributed by atoms with Gasteiger partial charge in [-0.05, 0) is 0 Å². The number of cyclic esters (lactones) is 2. The molecule has 0 radical (unpaired) electrons. The molecular weight excluding hydrogens is 222 g/mol. The Labute approximate surface area is 88.9 Å². The van der Waals surface area contributed by atoms with Gasteiger partial charge in [0.15, 0.2) is 5.57 Å². The van der Waals surface area contributed by atoms with Crippen molar-refractivity contribution >= 4 is 22.7 Å². The van der Waals surface area contributed by atoms with Crippen LogP contribution in [0.15, 0.2) is 10.6 Å². The normalized spacial score (nSPS) is 21.7. The first-order chi connectivity index (χ1) is 6.74. The molecule has 1 saturated heterocycles. The molecule has 1 atom stereocenters. The summed E-state index contributed by atoms with van der Waals surface area (Å²) in [6.07, 6.45) is 1.25. The Morgan fingerprint density at radius 2 is 1.67 bits per heavy atom. The maximum Gasteiger partial charge on any atom is 0.351 e. The average Bonchev–Trinajstić information content (AvgIpc) is 1.99. The molecule has 0 aromatic rings. The molecule has 0 bridgehead atoms. The number of nitrogens with two attached hydrogens (primary N) is 1. The molecule has 2 N–H and O–H groups in total. The minimum Gasteiger partial charge on any atom is -0.419 e. The van der Waals surface area contributed by atoms with Crippen LogP contribution in [-0.2, 0) is 29.9 Å². The lowest BCUT2D eigenvalue weighted by molar-refractivity contribution is -0.222. The van der Waals surface area contributed by atoms with Gasteiger partial charge < -0.3 is 15.2 Å². The number of hydrogen-bond donors (Lipinski definition) is 1. The second kappa shape index (κ2) is 3.65. The van der Waals surface area contributed by atoms with E-state index < -0.39 is 34.1 Å². The monoisotopic (exact) mass is 233 g/mol. The van der Waals surface area contributed by atoms with Crippen molar-refractivity contribution in [1.82, 2.24) is 0 Å². The molecule has 0 spiro atoms. The van der Waals surface area contributed by atoms with Crippen LogP contribution >= 0.6 is 0 Å². The van der Waals surface area contributed by atoms with Gasteiger partial charge in [0, 0.05) is 20.1 Å². The molecule has 1 aliphatic heterocycles. The SMILES string of the molecule is C[S@@](=O)C(N)=C1C(=O)OC(C)(C)OC1=O. The Kier molecular flexibility index (Phi) is 2.85. The molecule has 84 valence electrons. The van der Waals surface area contributed by atoms with Crippen LogP contribution < -0.4 is 5.73 Å². The van der Waals surface area contributed by atoms with E-state index in [2.05, 4.69) is 0 Å². The Bertz CT molecular complexity index is 362. The van der Waals surface area contributed by atoms with Gasteiger partial charge in [-0.2, -0.15) is 0 Å². The quantitative estimate of drug-likeness (QED) is 0.368. The third-order valence-electron chi connectivity index (χ3n) is 1.64. The summed E-state index contributed by atoms with van der Waals surface area (Å²) in [6.45, 7) is 2.83. The highest BCUT2D eigenvalue weighted by molar-refractivity contribution is 7.88. The lowest BCUT2D eigenvalue weighted by Gasteiger charge is -2.30. The molecule has 0 unspecified atom stereocenters. The molecule has 1 heterocycles. The van der Waals surface area contributed by atoms with Gasteiger partial charge in [-0.15, -0.1) is 0 Å². The number of esters is 2. The zero-order chi connectivity index (χ0) is 11.8. The van der Waals surface area contributed by atoms with Crippen LogP contribution in [0, 0.1) is 0 Å². The highest BCUT2D eigenvalue weighted by Gasteiger charge is 2.41. The molecule has 0 aliphatic carbocycles. The van der Waals surface area contributed by atoms with Crippen molar-refractivity contribution in [3.8, 4) is 0 Å². The van der Waals surface area contributed by atoms with Gasteiger partial charge in [-0.3, -0.25) is 4.21 Å². The molecule has 1 rings (SSSR count). The predicted molar refractivity (Wildman–Crippen MR) is 51.5 cm³/mol. The fraction of sp³-hybridized carbons (Fsp3) is 0.500. The predicted octanol–water partition coefficient (Wildman–Crippen LogP) is -0.629. The molecule has 7 heteroatoms. The zero-order valence-electron chi connectivity index (χ0n) is 8.53. The van der Waals surface area contributed by atoms with Crippen molar-refractivity contribution in [2.24, 2.45) is 5.73 Å². The van der Waals surface area contributed by atoms with Gasteiger partial charge in [0.1, 0.15) is 5.03 Å². The van der Waals surface area contributed by atoms with E-state index in [1.807, 2.05) is 0 Å². The molecular formula is C8H11NO5S. The molecule has 1 aliphatic rings. The first-order valence-electron chi connectivity index (χ1n) is 4.04. The van der Waals surface area contributed by atoms with Crippen LogP contribution in [0.1, 0.15) is 13.8 Å². The largest absolute Gasteiger partial charge is 0.419 e. The minimum atomic E-state index is -1.62. The lowest BCUT2D eigenvalue weighted by Crippen LogP contribution is -2.43. The fourth-order valence-corrected chi connectivity index (χ4v) is 1.45. The van der Waals surface area contributed by atoms with Crippen molar-refractivity contribution in [2.45, 2.75) is 19.6 Å². The summed E-state index contributed by atoms with van der Waals surface area (Å²) in [7, 11) is -1.62. The van der Waals surface area contributed by atoms with Crippen LogP contribution in [0.2, 0.25) is 0 Å². The standard InChI is InChI=1S/C8H11NO5S/c1-8(2)13-6(10)4(7(11)14-8)5(9)15(3)12/h9H2,1-3H3/t15-/m1/s1. The van der Waals surface area contributed by atoms with Gasteiger partial charge in [0.25, 0.3) is 5.79 Å². The zero-order valence-corrected chi connectivity index (χ0v) is 9.34.